The van der Waals surface area contributed by atoms with Crippen LogP contribution in [0.2, 0.25) is 0 Å². The number of urea groups is 1. The molecule has 3 rings (SSSR count). The molecular weight excluding hydrogens is 358 g/mol. The molecule has 0 fully saturated rings. The Balaban J connectivity index is 2.01. The second-order valence-electron chi connectivity index (χ2n) is 5.34. The summed E-state index contributed by atoms with van der Waals surface area (Å²) in [4.78, 5) is 50.2. The summed E-state index contributed by atoms with van der Waals surface area (Å²) in [6.07, 6.45) is 2.33. The molecule has 0 spiro atoms. The van der Waals surface area contributed by atoms with Crippen LogP contribution in [0.1, 0.15) is 0 Å². The lowest BCUT2D eigenvalue weighted by molar-refractivity contribution is -0.384. The number of fused-ring (bicyclic) bond motifs is 1. The van der Waals surface area contributed by atoms with Crippen LogP contribution >= 0.6 is 0 Å². The second kappa shape index (κ2) is 7.03. The number of hydrogen-bond acceptors (Lipinski definition) is 7. The smallest absolute Gasteiger partial charge is 0.321 e. The highest BCUT2D eigenvalue weighted by molar-refractivity contribution is 5.94. The number of benzene rings is 1. The summed E-state index contributed by atoms with van der Waals surface area (Å²) in [5.41, 5.74) is -0.507. The first-order valence-corrected chi connectivity index (χ1v) is 7.61. The van der Waals surface area contributed by atoms with Gasteiger partial charge in [-0.3, -0.25) is 29.6 Å². The van der Waals surface area contributed by atoms with Crippen molar-refractivity contribution < 1.29 is 14.5 Å². The van der Waals surface area contributed by atoms with Gasteiger partial charge in [-0.1, -0.05) is 12.1 Å². The average molecular weight is 371 g/mol. The topological polar surface area (TPSA) is 154 Å². The van der Waals surface area contributed by atoms with E-state index in [1.54, 1.807) is 6.07 Å². The van der Waals surface area contributed by atoms with Crippen LogP contribution in [-0.4, -0.2) is 43.2 Å². The Hall–Kier alpha value is -4.09. The molecular formula is C15H13N7O5. The van der Waals surface area contributed by atoms with Crippen LogP contribution in [0, 0.1) is 10.1 Å². The number of para-hydroxylation sites is 2. The lowest BCUT2D eigenvalue weighted by atomic mass is 10.2. The third-order valence-corrected chi connectivity index (χ3v) is 3.66. The van der Waals surface area contributed by atoms with E-state index in [0.717, 1.165) is 10.9 Å². The molecule has 0 aliphatic rings. The molecule has 0 radical (unpaired) electrons. The Morgan fingerprint density at radius 1 is 1.30 bits per heavy atom. The normalized spacial score (nSPS) is 10.6. The number of nitro benzene ring substituents is 1. The largest absolute Gasteiger partial charge is 0.341 e. The number of imide groups is 1. The van der Waals surface area contributed by atoms with Gasteiger partial charge in [0.2, 0.25) is 5.91 Å². The summed E-state index contributed by atoms with van der Waals surface area (Å²) in [5, 5.41) is 19.6. The molecule has 0 aliphatic carbocycles. The van der Waals surface area contributed by atoms with Gasteiger partial charge < -0.3 is 5.32 Å². The number of aromatic nitrogens is 4. The number of nitrogens with one attached hydrogen (secondary N) is 2. The Bertz CT molecular complexity index is 1120. The molecule has 0 aliphatic heterocycles. The predicted molar refractivity (Wildman–Crippen MR) is 92.4 cm³/mol. The van der Waals surface area contributed by atoms with Crippen LogP contribution in [0.4, 0.5) is 10.5 Å². The summed E-state index contributed by atoms with van der Waals surface area (Å²) in [5.74, 6) is -0.705. The number of hydrogen-bond donors (Lipinski definition) is 2. The average Bonchev–Trinajstić information content (AvgIpc) is 3.08. The first-order valence-electron chi connectivity index (χ1n) is 7.61. The van der Waals surface area contributed by atoms with E-state index in [0.29, 0.717) is 0 Å². The first kappa shape index (κ1) is 17.7. The predicted octanol–water partition coefficient (Wildman–Crippen LogP) is -0.0540. The Kier molecular flexibility index (Phi) is 4.62. The molecule has 1 aromatic carbocycles. The van der Waals surface area contributed by atoms with E-state index in [2.05, 4.69) is 15.4 Å². The molecule has 0 bridgehead atoms. The molecule has 0 unspecified atom stereocenters. The molecule has 27 heavy (non-hydrogen) atoms. The summed E-state index contributed by atoms with van der Waals surface area (Å²) in [6, 6.07) is 5.20. The molecule has 0 saturated heterocycles. The summed E-state index contributed by atoms with van der Waals surface area (Å²) in [7, 11) is 1.35. The van der Waals surface area contributed by atoms with Crippen molar-refractivity contribution in [1.29, 1.82) is 0 Å². The summed E-state index contributed by atoms with van der Waals surface area (Å²) >= 11 is 0. The molecule has 3 aromatic rings. The van der Waals surface area contributed by atoms with Crippen LogP contribution in [-0.2, 0) is 11.3 Å². The van der Waals surface area contributed by atoms with E-state index in [-0.39, 0.29) is 22.4 Å². The molecule has 138 valence electrons. The highest BCUT2D eigenvalue weighted by atomic mass is 16.6. The van der Waals surface area contributed by atoms with Crippen molar-refractivity contribution >= 4 is 28.7 Å². The number of amides is 3. The van der Waals surface area contributed by atoms with E-state index in [1.807, 2.05) is 5.32 Å². The van der Waals surface area contributed by atoms with E-state index in [1.165, 1.54) is 36.1 Å². The standard InChI is InChI=1S/C15H13N7O5/c1-16-15(25)19-12(23)7-20-8-17-13-9(14(20)24)6-18-21(13)10-4-2-3-5-11(10)22(26)27/h2-6,8H,7H2,1H3,(H2,16,19,23,25). The maximum absolute atomic E-state index is 12.5. The molecule has 0 atom stereocenters. The third kappa shape index (κ3) is 3.35. The second-order valence-corrected chi connectivity index (χ2v) is 5.34. The van der Waals surface area contributed by atoms with Crippen molar-refractivity contribution in [1.82, 2.24) is 30.0 Å². The van der Waals surface area contributed by atoms with Gasteiger partial charge in [-0.2, -0.15) is 5.10 Å². The van der Waals surface area contributed by atoms with Gasteiger partial charge in [0, 0.05) is 13.1 Å². The molecule has 2 aromatic heterocycles. The van der Waals surface area contributed by atoms with Gasteiger partial charge in [0.1, 0.15) is 23.9 Å². The Labute approximate surface area is 150 Å². The lowest BCUT2D eigenvalue weighted by Gasteiger charge is -2.07. The zero-order chi connectivity index (χ0) is 19.6. The Morgan fingerprint density at radius 3 is 2.74 bits per heavy atom. The van der Waals surface area contributed by atoms with E-state index in [4.69, 9.17) is 0 Å². The van der Waals surface area contributed by atoms with E-state index >= 15 is 0 Å². The number of nitrogens with zero attached hydrogens (tertiary/aromatic N) is 5. The minimum Gasteiger partial charge on any atom is -0.341 e. The van der Waals surface area contributed by atoms with Crippen LogP contribution < -0.4 is 16.2 Å². The van der Waals surface area contributed by atoms with Crippen LogP contribution in [0.5, 0.6) is 0 Å². The van der Waals surface area contributed by atoms with Crippen LogP contribution in [0.25, 0.3) is 16.7 Å². The van der Waals surface area contributed by atoms with Crippen molar-refractivity contribution in [3.63, 3.8) is 0 Å². The van der Waals surface area contributed by atoms with Gasteiger partial charge in [0.25, 0.3) is 11.2 Å². The summed E-state index contributed by atoms with van der Waals surface area (Å²) < 4.78 is 2.19. The molecule has 3 amide bonds. The molecule has 2 N–H and O–H groups in total. The maximum Gasteiger partial charge on any atom is 0.321 e. The lowest BCUT2D eigenvalue weighted by Crippen LogP contribution is -2.40. The van der Waals surface area contributed by atoms with Gasteiger partial charge >= 0.3 is 6.03 Å². The van der Waals surface area contributed by atoms with Crippen molar-refractivity contribution in [2.75, 3.05) is 7.05 Å². The SMILES string of the molecule is CNC(=O)NC(=O)Cn1cnc2c(cnn2-c2ccccc2[N+](=O)[O-])c1=O. The molecule has 2 heterocycles. The van der Waals surface area contributed by atoms with Gasteiger partial charge in [-0.05, 0) is 6.07 Å². The number of rotatable bonds is 4. The zero-order valence-corrected chi connectivity index (χ0v) is 13.9. The molecule has 0 saturated carbocycles. The fourth-order valence-electron chi connectivity index (χ4n) is 2.42. The van der Waals surface area contributed by atoms with Gasteiger partial charge in [-0.25, -0.2) is 14.5 Å². The van der Waals surface area contributed by atoms with Crippen LogP contribution in [0.3, 0.4) is 0 Å². The highest BCUT2D eigenvalue weighted by Gasteiger charge is 2.19. The zero-order valence-electron chi connectivity index (χ0n) is 13.9. The van der Waals surface area contributed by atoms with Crippen molar-refractivity contribution in [3.8, 4) is 5.69 Å². The number of carbonyl (C=O) groups is 2. The monoisotopic (exact) mass is 371 g/mol. The third-order valence-electron chi connectivity index (χ3n) is 3.66. The van der Waals surface area contributed by atoms with Crippen molar-refractivity contribution in [2.45, 2.75) is 6.54 Å². The van der Waals surface area contributed by atoms with Crippen LogP contribution in [0.15, 0.2) is 41.6 Å². The van der Waals surface area contributed by atoms with Gasteiger partial charge in [-0.15, -0.1) is 0 Å². The van der Waals surface area contributed by atoms with Crippen molar-refractivity contribution in [2.24, 2.45) is 0 Å². The number of carbonyl (C=O) groups excluding carboxylic acids is 2. The van der Waals surface area contributed by atoms with E-state index < -0.39 is 29.0 Å². The van der Waals surface area contributed by atoms with Gasteiger partial charge in [0.15, 0.2) is 5.65 Å². The minimum absolute atomic E-state index is 0.0726. The molecule has 12 heteroatoms. The maximum atomic E-state index is 12.5. The van der Waals surface area contributed by atoms with Gasteiger partial charge in [0.05, 0.1) is 11.1 Å². The minimum atomic E-state index is -0.705. The fraction of sp³-hybridized carbons (Fsp3) is 0.133. The first-order chi connectivity index (χ1) is 12.9. The summed E-state index contributed by atoms with van der Waals surface area (Å²) in [6.45, 7) is -0.425. The number of nitro groups is 1. The fourth-order valence-corrected chi connectivity index (χ4v) is 2.42. The van der Waals surface area contributed by atoms with E-state index in [9.17, 15) is 24.5 Å². The highest BCUT2D eigenvalue weighted by Crippen LogP contribution is 2.23. The van der Waals surface area contributed by atoms with Crippen molar-refractivity contribution in [3.05, 3.63) is 57.3 Å². The molecule has 12 nitrogen and oxygen atoms in total. The quantitative estimate of drug-likeness (QED) is 0.481. The Morgan fingerprint density at radius 2 is 2.04 bits per heavy atom.